The van der Waals surface area contributed by atoms with Crippen molar-refractivity contribution in [2.75, 3.05) is 52.1 Å². The Morgan fingerprint density at radius 2 is 1.78 bits per heavy atom. The summed E-state index contributed by atoms with van der Waals surface area (Å²) >= 11 is 0. The van der Waals surface area contributed by atoms with Gasteiger partial charge in [0.15, 0.2) is 0 Å². The van der Waals surface area contributed by atoms with Crippen LogP contribution in [0.25, 0.3) is 0 Å². The average Bonchev–Trinajstić information content (AvgIpc) is 2.31. The minimum absolute atomic E-state index is 0.213. The lowest BCUT2D eigenvalue weighted by molar-refractivity contribution is 0.135. The normalized spacial score (nSPS) is 19.2. The summed E-state index contributed by atoms with van der Waals surface area (Å²) in [5.41, 5.74) is 0. The fourth-order valence-corrected chi connectivity index (χ4v) is 3.11. The average molecular weight is 278 g/mol. The largest absolute Gasteiger partial charge is 0.317 e. The summed E-state index contributed by atoms with van der Waals surface area (Å²) in [6.07, 6.45) is 1.60. The quantitative estimate of drug-likeness (QED) is 0.584. The van der Waals surface area contributed by atoms with Crippen LogP contribution in [0.4, 0.5) is 0 Å². The molecule has 1 aliphatic rings. The van der Waals surface area contributed by atoms with Gasteiger partial charge in [-0.2, -0.15) is 0 Å². The van der Waals surface area contributed by atoms with E-state index >= 15 is 0 Å². The van der Waals surface area contributed by atoms with E-state index in [1.54, 1.807) is 5.01 Å². The highest BCUT2D eigenvalue weighted by molar-refractivity contribution is 7.89. The van der Waals surface area contributed by atoms with E-state index < -0.39 is 10.0 Å². The van der Waals surface area contributed by atoms with Crippen molar-refractivity contribution in [2.45, 2.75) is 19.8 Å². The molecule has 0 saturated carbocycles. The van der Waals surface area contributed by atoms with Gasteiger partial charge in [0, 0.05) is 26.2 Å². The third-order valence-corrected chi connectivity index (χ3v) is 4.40. The standard InChI is InChI=1S/C11H26N4O2S/c1-3-12-6-4-5-11-18(16,17)13-15-9-7-14(2)8-10-15/h12-13H,3-11H2,1-2H3. The lowest BCUT2D eigenvalue weighted by Crippen LogP contribution is -2.52. The zero-order valence-corrected chi connectivity index (χ0v) is 12.3. The summed E-state index contributed by atoms with van der Waals surface area (Å²) in [6, 6.07) is 0. The minimum Gasteiger partial charge on any atom is -0.317 e. The Morgan fingerprint density at radius 1 is 1.11 bits per heavy atom. The Bertz CT molecular complexity index is 313. The zero-order valence-electron chi connectivity index (χ0n) is 11.5. The first-order valence-electron chi connectivity index (χ1n) is 6.68. The van der Waals surface area contributed by atoms with Gasteiger partial charge in [0.1, 0.15) is 0 Å². The molecule has 0 aromatic rings. The van der Waals surface area contributed by atoms with E-state index in [2.05, 4.69) is 15.0 Å². The van der Waals surface area contributed by atoms with Crippen molar-refractivity contribution in [2.24, 2.45) is 0 Å². The molecule has 0 radical (unpaired) electrons. The molecule has 0 aromatic carbocycles. The Morgan fingerprint density at radius 3 is 2.39 bits per heavy atom. The highest BCUT2D eigenvalue weighted by Crippen LogP contribution is 2.00. The molecule has 0 aliphatic carbocycles. The molecule has 1 heterocycles. The van der Waals surface area contributed by atoms with E-state index in [0.717, 1.165) is 45.7 Å². The van der Waals surface area contributed by atoms with Crippen molar-refractivity contribution in [1.29, 1.82) is 0 Å². The molecule has 0 atom stereocenters. The molecule has 1 rings (SSSR count). The third-order valence-electron chi connectivity index (χ3n) is 3.04. The molecule has 1 fully saturated rings. The maximum absolute atomic E-state index is 11.8. The number of hydrogen-bond acceptors (Lipinski definition) is 5. The molecule has 0 spiro atoms. The number of unbranched alkanes of at least 4 members (excludes halogenated alkanes) is 1. The maximum Gasteiger partial charge on any atom is 0.224 e. The Labute approximate surface area is 111 Å². The van der Waals surface area contributed by atoms with Crippen molar-refractivity contribution in [3.8, 4) is 0 Å². The maximum atomic E-state index is 11.8. The van der Waals surface area contributed by atoms with E-state index in [1.165, 1.54) is 0 Å². The van der Waals surface area contributed by atoms with Gasteiger partial charge >= 0.3 is 0 Å². The molecule has 7 heteroatoms. The van der Waals surface area contributed by atoms with E-state index in [4.69, 9.17) is 0 Å². The monoisotopic (exact) mass is 278 g/mol. The van der Waals surface area contributed by atoms with Crippen LogP contribution in [0, 0.1) is 0 Å². The summed E-state index contributed by atoms with van der Waals surface area (Å²) < 4.78 is 23.7. The van der Waals surface area contributed by atoms with Crippen LogP contribution in [0.2, 0.25) is 0 Å². The molecule has 0 bridgehead atoms. The van der Waals surface area contributed by atoms with Crippen LogP contribution in [0.3, 0.4) is 0 Å². The van der Waals surface area contributed by atoms with Gasteiger partial charge in [-0.1, -0.05) is 6.92 Å². The van der Waals surface area contributed by atoms with Gasteiger partial charge < -0.3 is 10.2 Å². The summed E-state index contributed by atoms with van der Waals surface area (Å²) in [5.74, 6) is 0.213. The summed E-state index contributed by atoms with van der Waals surface area (Å²) in [6.45, 7) is 7.20. The Balaban J connectivity index is 2.18. The summed E-state index contributed by atoms with van der Waals surface area (Å²) in [7, 11) is -1.11. The Kier molecular flexibility index (Phi) is 7.10. The Hall–Kier alpha value is -0.210. The molecule has 6 nitrogen and oxygen atoms in total. The number of rotatable bonds is 8. The fourth-order valence-electron chi connectivity index (χ4n) is 1.86. The molecule has 18 heavy (non-hydrogen) atoms. The molecular formula is C11H26N4O2S. The van der Waals surface area contributed by atoms with Crippen molar-refractivity contribution in [1.82, 2.24) is 20.1 Å². The number of nitrogens with one attached hydrogen (secondary N) is 2. The second kappa shape index (κ2) is 8.06. The number of hydrazine groups is 1. The van der Waals surface area contributed by atoms with Crippen molar-refractivity contribution < 1.29 is 8.42 Å². The van der Waals surface area contributed by atoms with Gasteiger partial charge in [-0.25, -0.2) is 13.4 Å². The number of piperazine rings is 1. The second-order valence-electron chi connectivity index (χ2n) is 4.76. The number of sulfonamides is 1. The second-order valence-corrected chi connectivity index (χ2v) is 6.58. The molecule has 1 saturated heterocycles. The van der Waals surface area contributed by atoms with Crippen LogP contribution in [0.5, 0.6) is 0 Å². The highest BCUT2D eigenvalue weighted by Gasteiger charge is 2.19. The lowest BCUT2D eigenvalue weighted by atomic mass is 10.3. The first kappa shape index (κ1) is 15.8. The number of nitrogens with zero attached hydrogens (tertiary/aromatic N) is 2. The predicted octanol–water partition coefficient (Wildman–Crippen LogP) is -0.542. The minimum atomic E-state index is -3.16. The zero-order chi connectivity index (χ0) is 13.4. The van der Waals surface area contributed by atoms with Crippen molar-refractivity contribution >= 4 is 10.0 Å². The van der Waals surface area contributed by atoms with E-state index in [-0.39, 0.29) is 5.75 Å². The van der Waals surface area contributed by atoms with Gasteiger partial charge in [-0.05, 0) is 33.0 Å². The molecule has 0 unspecified atom stereocenters. The molecule has 108 valence electrons. The molecule has 1 aliphatic heterocycles. The molecule has 0 aromatic heterocycles. The SMILES string of the molecule is CCNCCCCS(=O)(=O)NN1CCN(C)CC1. The molecular weight excluding hydrogens is 252 g/mol. The van der Waals surface area contributed by atoms with Gasteiger partial charge in [0.25, 0.3) is 0 Å². The third kappa shape index (κ3) is 6.65. The van der Waals surface area contributed by atoms with E-state index in [9.17, 15) is 8.42 Å². The first-order chi connectivity index (χ1) is 8.53. The van der Waals surface area contributed by atoms with E-state index in [0.29, 0.717) is 6.42 Å². The van der Waals surface area contributed by atoms with Crippen LogP contribution < -0.4 is 10.1 Å². The van der Waals surface area contributed by atoms with Gasteiger partial charge in [0.05, 0.1) is 5.75 Å². The number of likely N-dealkylation sites (N-methyl/N-ethyl adjacent to an activating group) is 1. The molecule has 0 amide bonds. The van der Waals surface area contributed by atoms with Crippen LogP contribution >= 0.6 is 0 Å². The lowest BCUT2D eigenvalue weighted by Gasteiger charge is -2.32. The van der Waals surface area contributed by atoms with Gasteiger partial charge in [-0.15, -0.1) is 4.83 Å². The molecule has 2 N–H and O–H groups in total. The van der Waals surface area contributed by atoms with E-state index in [1.807, 2.05) is 14.0 Å². The van der Waals surface area contributed by atoms with Crippen molar-refractivity contribution in [3.05, 3.63) is 0 Å². The first-order valence-corrected chi connectivity index (χ1v) is 8.33. The smallest absolute Gasteiger partial charge is 0.224 e. The van der Waals surface area contributed by atoms with Crippen molar-refractivity contribution in [3.63, 3.8) is 0 Å². The highest BCUT2D eigenvalue weighted by atomic mass is 32.2. The summed E-state index contributed by atoms with van der Waals surface area (Å²) in [4.78, 5) is 4.86. The van der Waals surface area contributed by atoms with Crippen LogP contribution in [-0.2, 0) is 10.0 Å². The van der Waals surface area contributed by atoms with Crippen LogP contribution in [0.1, 0.15) is 19.8 Å². The summed E-state index contributed by atoms with van der Waals surface area (Å²) in [5, 5.41) is 4.99. The van der Waals surface area contributed by atoms with Crippen LogP contribution in [0.15, 0.2) is 0 Å². The topological polar surface area (TPSA) is 64.7 Å². The van der Waals surface area contributed by atoms with Gasteiger partial charge in [-0.3, -0.25) is 0 Å². The van der Waals surface area contributed by atoms with Gasteiger partial charge in [0.2, 0.25) is 10.0 Å². The number of hydrogen-bond donors (Lipinski definition) is 2. The van der Waals surface area contributed by atoms with Crippen LogP contribution in [-0.4, -0.2) is 70.4 Å². The predicted molar refractivity (Wildman–Crippen MR) is 73.8 cm³/mol. The fraction of sp³-hybridized carbons (Fsp3) is 1.00.